The Morgan fingerprint density at radius 2 is 2.31 bits per heavy atom. The van der Waals surface area contributed by atoms with Gasteiger partial charge in [-0.15, -0.1) is 11.3 Å². The number of carbonyl (C=O) groups is 1. The molecule has 2 rings (SSSR count). The normalized spacial score (nSPS) is 11.1. The van der Waals surface area contributed by atoms with E-state index in [9.17, 15) is 4.79 Å². The molecule has 82 valence electrons. The predicted octanol–water partition coefficient (Wildman–Crippen LogP) is 2.08. The van der Waals surface area contributed by atoms with Crippen LogP contribution in [-0.2, 0) is 7.05 Å². The van der Waals surface area contributed by atoms with Gasteiger partial charge < -0.3 is 4.57 Å². The average molecular weight is 233 g/mol. The first kappa shape index (κ1) is 10.8. The molecule has 2 aromatic heterocycles. The molecule has 0 spiro atoms. The zero-order valence-electron chi connectivity index (χ0n) is 9.04. The van der Waals surface area contributed by atoms with Crippen molar-refractivity contribution in [2.45, 2.75) is 6.92 Å². The monoisotopic (exact) mass is 233 g/mol. The molecule has 16 heavy (non-hydrogen) atoms. The Hall–Kier alpha value is -1.75. The maximum Gasteiger partial charge on any atom is 0.214 e. The van der Waals surface area contributed by atoms with Crippen LogP contribution >= 0.6 is 11.3 Å². The predicted molar refractivity (Wildman–Crippen MR) is 63.4 cm³/mol. The van der Waals surface area contributed by atoms with Crippen LogP contribution in [0.1, 0.15) is 21.3 Å². The first-order valence-corrected chi connectivity index (χ1v) is 5.66. The van der Waals surface area contributed by atoms with Crippen LogP contribution in [0.15, 0.2) is 23.8 Å². The van der Waals surface area contributed by atoms with Crippen LogP contribution in [0.3, 0.4) is 0 Å². The Balaban J connectivity index is 2.16. The van der Waals surface area contributed by atoms with Gasteiger partial charge in [0, 0.05) is 18.6 Å². The third-order valence-corrected chi connectivity index (χ3v) is 3.09. The lowest BCUT2D eigenvalue weighted by atomic mass is 10.3. The van der Waals surface area contributed by atoms with Crippen LogP contribution in [0.2, 0.25) is 0 Å². The van der Waals surface area contributed by atoms with E-state index in [1.165, 1.54) is 17.4 Å². The molecule has 0 saturated carbocycles. The van der Waals surface area contributed by atoms with Gasteiger partial charge in [-0.3, -0.25) is 4.79 Å². The number of aryl methyl sites for hydroxylation is 1. The van der Waals surface area contributed by atoms with Gasteiger partial charge in [-0.1, -0.05) is 0 Å². The quantitative estimate of drug-likeness (QED) is 0.602. The number of aromatic nitrogens is 3. The molecule has 0 aromatic carbocycles. The van der Waals surface area contributed by atoms with Gasteiger partial charge in [0.1, 0.15) is 5.82 Å². The van der Waals surface area contributed by atoms with Crippen LogP contribution in [0.25, 0.3) is 6.08 Å². The topological polar surface area (TPSA) is 47.8 Å². The molecule has 2 heterocycles. The molecule has 0 aliphatic carbocycles. The Kier molecular flexibility index (Phi) is 2.96. The van der Waals surface area contributed by atoms with E-state index in [1.807, 2.05) is 18.5 Å². The molecule has 0 saturated heterocycles. The highest BCUT2D eigenvalue weighted by Gasteiger charge is 2.04. The first-order valence-electron chi connectivity index (χ1n) is 4.78. The van der Waals surface area contributed by atoms with Crippen molar-refractivity contribution in [1.29, 1.82) is 0 Å². The number of ketones is 1. The van der Waals surface area contributed by atoms with Crippen LogP contribution in [0.4, 0.5) is 0 Å². The number of nitrogens with zero attached hydrogens (tertiary/aromatic N) is 3. The summed E-state index contributed by atoms with van der Waals surface area (Å²) in [6, 6.07) is 0. The van der Waals surface area contributed by atoms with Crippen molar-refractivity contribution in [2.24, 2.45) is 7.05 Å². The Morgan fingerprint density at radius 1 is 1.50 bits per heavy atom. The maximum atomic E-state index is 11.6. The highest BCUT2D eigenvalue weighted by molar-refractivity contribution is 7.11. The summed E-state index contributed by atoms with van der Waals surface area (Å²) in [5.74, 6) is 0.843. The van der Waals surface area contributed by atoms with Crippen molar-refractivity contribution in [3.05, 3.63) is 40.4 Å². The van der Waals surface area contributed by atoms with Crippen LogP contribution in [0.5, 0.6) is 0 Å². The van der Waals surface area contributed by atoms with Gasteiger partial charge in [0.25, 0.3) is 0 Å². The smallest absolute Gasteiger partial charge is 0.214 e. The summed E-state index contributed by atoms with van der Waals surface area (Å²) in [7, 11) is 1.91. The van der Waals surface area contributed by atoms with Crippen molar-refractivity contribution in [3.8, 4) is 0 Å². The van der Waals surface area contributed by atoms with Gasteiger partial charge in [0.05, 0.1) is 11.9 Å². The average Bonchev–Trinajstić information content (AvgIpc) is 2.89. The van der Waals surface area contributed by atoms with E-state index >= 15 is 0 Å². The van der Waals surface area contributed by atoms with E-state index in [1.54, 1.807) is 23.8 Å². The Labute approximate surface area is 97.3 Å². The van der Waals surface area contributed by atoms with Crippen molar-refractivity contribution in [1.82, 2.24) is 14.5 Å². The summed E-state index contributed by atoms with van der Waals surface area (Å²) in [6.07, 6.45) is 6.64. The van der Waals surface area contributed by atoms with E-state index < -0.39 is 0 Å². The minimum Gasteiger partial charge on any atom is -0.332 e. The van der Waals surface area contributed by atoms with Gasteiger partial charge in [-0.25, -0.2) is 9.97 Å². The van der Waals surface area contributed by atoms with E-state index in [0.717, 1.165) is 11.5 Å². The van der Waals surface area contributed by atoms with Crippen molar-refractivity contribution in [3.63, 3.8) is 0 Å². The van der Waals surface area contributed by atoms with Crippen molar-refractivity contribution < 1.29 is 4.79 Å². The molecular formula is C11H11N3OS. The van der Waals surface area contributed by atoms with Crippen molar-refractivity contribution >= 4 is 23.2 Å². The summed E-state index contributed by atoms with van der Waals surface area (Å²) in [5, 5.41) is 2.30. The molecule has 0 fully saturated rings. The maximum absolute atomic E-state index is 11.6. The number of carbonyl (C=O) groups excluding carboxylic acids is 1. The Morgan fingerprint density at radius 3 is 2.88 bits per heavy atom. The molecule has 0 radical (unpaired) electrons. The summed E-state index contributed by atoms with van der Waals surface area (Å²) in [6.45, 7) is 1.92. The number of thiazole rings is 1. The number of rotatable bonds is 3. The number of imidazole rings is 1. The molecule has 0 amide bonds. The number of allylic oxidation sites excluding steroid dienone is 1. The van der Waals surface area contributed by atoms with Gasteiger partial charge in [0.2, 0.25) is 5.78 Å². The van der Waals surface area contributed by atoms with Gasteiger partial charge in [-0.2, -0.15) is 0 Å². The van der Waals surface area contributed by atoms with E-state index in [-0.39, 0.29) is 5.78 Å². The molecule has 2 aromatic rings. The largest absolute Gasteiger partial charge is 0.332 e. The fourth-order valence-electron chi connectivity index (χ4n) is 1.25. The standard InChI is InChI=1S/C11H11N3OS/c1-8-13-7-9(14(8)2)3-4-10(15)11-12-5-6-16-11/h3-7H,1-2H3/b4-3+. The molecule has 0 bridgehead atoms. The lowest BCUT2D eigenvalue weighted by molar-refractivity contribution is 0.104. The molecule has 0 unspecified atom stereocenters. The second-order valence-electron chi connectivity index (χ2n) is 3.32. The number of hydrogen-bond donors (Lipinski definition) is 0. The van der Waals surface area contributed by atoms with Crippen LogP contribution in [-0.4, -0.2) is 20.3 Å². The number of hydrogen-bond acceptors (Lipinski definition) is 4. The molecular weight excluding hydrogens is 222 g/mol. The van der Waals surface area contributed by atoms with E-state index in [4.69, 9.17) is 0 Å². The third kappa shape index (κ3) is 2.09. The highest BCUT2D eigenvalue weighted by Crippen LogP contribution is 2.08. The summed E-state index contributed by atoms with van der Waals surface area (Å²) in [5.41, 5.74) is 0.905. The SMILES string of the molecule is Cc1ncc(/C=C/C(=O)c2nccs2)n1C. The highest BCUT2D eigenvalue weighted by atomic mass is 32.1. The second kappa shape index (κ2) is 4.40. The fourth-order valence-corrected chi connectivity index (χ4v) is 1.81. The van der Waals surface area contributed by atoms with Crippen molar-refractivity contribution in [2.75, 3.05) is 0 Å². The zero-order valence-corrected chi connectivity index (χ0v) is 9.86. The van der Waals surface area contributed by atoms with E-state index in [2.05, 4.69) is 9.97 Å². The second-order valence-corrected chi connectivity index (χ2v) is 4.22. The summed E-state index contributed by atoms with van der Waals surface area (Å²) in [4.78, 5) is 19.7. The summed E-state index contributed by atoms with van der Waals surface area (Å²) < 4.78 is 1.92. The van der Waals surface area contributed by atoms with Gasteiger partial charge in [0.15, 0.2) is 5.01 Å². The molecule has 0 atom stereocenters. The first-order chi connectivity index (χ1) is 7.68. The fraction of sp³-hybridized carbons (Fsp3) is 0.182. The molecule has 0 aliphatic heterocycles. The summed E-state index contributed by atoms with van der Waals surface area (Å²) >= 11 is 1.34. The minimum absolute atomic E-state index is 0.0751. The lowest BCUT2D eigenvalue weighted by Gasteiger charge is -1.96. The van der Waals surface area contributed by atoms with Gasteiger partial charge >= 0.3 is 0 Å². The van der Waals surface area contributed by atoms with E-state index in [0.29, 0.717) is 5.01 Å². The third-order valence-electron chi connectivity index (χ3n) is 2.30. The molecule has 5 heteroatoms. The lowest BCUT2D eigenvalue weighted by Crippen LogP contribution is -1.95. The minimum atomic E-state index is -0.0751. The van der Waals surface area contributed by atoms with Crippen LogP contribution < -0.4 is 0 Å². The Bertz CT molecular complexity index is 525. The molecule has 0 N–H and O–H groups in total. The molecule has 4 nitrogen and oxygen atoms in total. The van der Waals surface area contributed by atoms with Gasteiger partial charge in [-0.05, 0) is 19.1 Å². The zero-order chi connectivity index (χ0) is 11.5. The molecule has 0 aliphatic rings. The van der Waals surface area contributed by atoms with Crippen LogP contribution in [0, 0.1) is 6.92 Å².